The van der Waals surface area contributed by atoms with E-state index in [0.29, 0.717) is 13.0 Å². The molecular weight excluding hydrogens is 240 g/mol. The Balaban J connectivity index is 1.88. The first-order valence-electron chi connectivity index (χ1n) is 6.78. The molecule has 4 heteroatoms. The Labute approximate surface area is 114 Å². The van der Waals surface area contributed by atoms with Crippen molar-refractivity contribution in [3.63, 3.8) is 0 Å². The Bertz CT molecular complexity index is 413. The Morgan fingerprint density at radius 2 is 2.21 bits per heavy atom. The van der Waals surface area contributed by atoms with Crippen LogP contribution in [0.15, 0.2) is 30.3 Å². The molecule has 2 unspecified atom stereocenters. The lowest BCUT2D eigenvalue weighted by molar-refractivity contribution is -0.125. The van der Waals surface area contributed by atoms with Crippen LogP contribution in [-0.2, 0) is 16.0 Å². The van der Waals surface area contributed by atoms with Gasteiger partial charge in [0.25, 0.3) is 0 Å². The van der Waals surface area contributed by atoms with Gasteiger partial charge in [-0.05, 0) is 31.7 Å². The van der Waals surface area contributed by atoms with Gasteiger partial charge in [0.2, 0.25) is 5.91 Å². The van der Waals surface area contributed by atoms with E-state index in [-0.39, 0.29) is 11.4 Å². The van der Waals surface area contributed by atoms with Crippen molar-refractivity contribution in [3.05, 3.63) is 35.9 Å². The fourth-order valence-corrected chi connectivity index (χ4v) is 2.38. The van der Waals surface area contributed by atoms with Crippen molar-refractivity contribution < 1.29 is 9.53 Å². The zero-order valence-corrected chi connectivity index (χ0v) is 11.4. The molecule has 0 saturated carbocycles. The molecule has 1 saturated heterocycles. The second-order valence-electron chi connectivity index (χ2n) is 5.50. The highest BCUT2D eigenvalue weighted by molar-refractivity contribution is 5.82. The van der Waals surface area contributed by atoms with Gasteiger partial charge in [-0.2, -0.15) is 0 Å². The molecule has 0 bridgehead atoms. The van der Waals surface area contributed by atoms with Crippen LogP contribution in [0.3, 0.4) is 0 Å². The smallest absolute Gasteiger partial charge is 0.237 e. The number of rotatable bonds is 4. The monoisotopic (exact) mass is 262 g/mol. The summed E-state index contributed by atoms with van der Waals surface area (Å²) in [7, 11) is 0. The summed E-state index contributed by atoms with van der Waals surface area (Å²) in [5.74, 6) is -0.100. The van der Waals surface area contributed by atoms with Gasteiger partial charge in [0.15, 0.2) is 0 Å². The first kappa shape index (κ1) is 14.0. The van der Waals surface area contributed by atoms with Crippen molar-refractivity contribution in [2.75, 3.05) is 13.2 Å². The van der Waals surface area contributed by atoms with E-state index >= 15 is 0 Å². The second kappa shape index (κ2) is 6.17. The molecule has 1 fully saturated rings. The summed E-state index contributed by atoms with van der Waals surface area (Å²) in [6.07, 6.45) is 2.48. The molecule has 1 aliphatic rings. The van der Waals surface area contributed by atoms with E-state index in [1.165, 1.54) is 0 Å². The van der Waals surface area contributed by atoms with Crippen LogP contribution in [0.5, 0.6) is 0 Å². The van der Waals surface area contributed by atoms with Crippen molar-refractivity contribution in [1.29, 1.82) is 0 Å². The fraction of sp³-hybridized carbons (Fsp3) is 0.533. The summed E-state index contributed by atoms with van der Waals surface area (Å²) in [5.41, 5.74) is 6.78. The predicted molar refractivity (Wildman–Crippen MR) is 74.7 cm³/mol. The summed E-state index contributed by atoms with van der Waals surface area (Å²) in [6, 6.07) is 9.32. The molecule has 19 heavy (non-hydrogen) atoms. The van der Waals surface area contributed by atoms with Crippen LogP contribution in [0.1, 0.15) is 25.3 Å². The van der Waals surface area contributed by atoms with Gasteiger partial charge >= 0.3 is 0 Å². The molecule has 0 spiro atoms. The number of hydrogen-bond donors (Lipinski definition) is 2. The molecule has 104 valence electrons. The minimum Gasteiger partial charge on any atom is -0.379 e. The standard InChI is InChI=1S/C15H22N2O2/c1-15(8-5-9-19-11-15)17-14(18)13(16)10-12-6-3-2-4-7-12/h2-4,6-7,13H,5,8-11,16H2,1H3,(H,17,18). The van der Waals surface area contributed by atoms with E-state index < -0.39 is 6.04 Å². The van der Waals surface area contributed by atoms with Crippen LogP contribution in [0, 0.1) is 0 Å². The Morgan fingerprint density at radius 3 is 2.84 bits per heavy atom. The van der Waals surface area contributed by atoms with Crippen LogP contribution >= 0.6 is 0 Å². The van der Waals surface area contributed by atoms with Gasteiger partial charge in [-0.3, -0.25) is 4.79 Å². The molecule has 3 N–H and O–H groups in total. The second-order valence-corrected chi connectivity index (χ2v) is 5.50. The van der Waals surface area contributed by atoms with Crippen LogP contribution in [0.4, 0.5) is 0 Å². The maximum absolute atomic E-state index is 12.1. The van der Waals surface area contributed by atoms with Crippen LogP contribution in [-0.4, -0.2) is 30.7 Å². The number of carbonyl (C=O) groups excluding carboxylic acids is 1. The summed E-state index contributed by atoms with van der Waals surface area (Å²) in [6.45, 7) is 3.36. The maximum atomic E-state index is 12.1. The zero-order valence-electron chi connectivity index (χ0n) is 11.4. The third-order valence-electron chi connectivity index (χ3n) is 3.50. The first-order valence-corrected chi connectivity index (χ1v) is 6.78. The van der Waals surface area contributed by atoms with Crippen LogP contribution in [0.2, 0.25) is 0 Å². The van der Waals surface area contributed by atoms with Crippen molar-refractivity contribution >= 4 is 5.91 Å². The van der Waals surface area contributed by atoms with E-state index in [2.05, 4.69) is 5.32 Å². The Kier molecular flexibility index (Phi) is 4.56. The average Bonchev–Trinajstić information content (AvgIpc) is 2.40. The number of ether oxygens (including phenoxy) is 1. The lowest BCUT2D eigenvalue weighted by Gasteiger charge is -2.35. The maximum Gasteiger partial charge on any atom is 0.237 e. The number of carbonyl (C=O) groups is 1. The molecule has 4 nitrogen and oxygen atoms in total. The van der Waals surface area contributed by atoms with Gasteiger partial charge in [0.1, 0.15) is 0 Å². The lowest BCUT2D eigenvalue weighted by atomic mass is 9.94. The van der Waals surface area contributed by atoms with Gasteiger partial charge in [-0.15, -0.1) is 0 Å². The molecule has 2 atom stereocenters. The van der Waals surface area contributed by atoms with Crippen LogP contribution < -0.4 is 11.1 Å². The summed E-state index contributed by atoms with van der Waals surface area (Å²) in [4.78, 5) is 12.1. The summed E-state index contributed by atoms with van der Waals surface area (Å²) >= 11 is 0. The molecular formula is C15H22N2O2. The van der Waals surface area contributed by atoms with Crippen molar-refractivity contribution in [3.8, 4) is 0 Å². The minimum atomic E-state index is -0.513. The molecule has 1 heterocycles. The van der Waals surface area contributed by atoms with E-state index in [9.17, 15) is 4.79 Å². The molecule has 1 aromatic rings. The van der Waals surface area contributed by atoms with Gasteiger partial charge < -0.3 is 15.8 Å². The van der Waals surface area contributed by atoms with Crippen molar-refractivity contribution in [1.82, 2.24) is 5.32 Å². The Hall–Kier alpha value is -1.39. The highest BCUT2D eigenvalue weighted by Crippen LogP contribution is 2.18. The van der Waals surface area contributed by atoms with E-state index in [4.69, 9.17) is 10.5 Å². The normalized spacial score (nSPS) is 24.7. The number of amides is 1. The van der Waals surface area contributed by atoms with Gasteiger partial charge in [-0.25, -0.2) is 0 Å². The summed E-state index contributed by atoms with van der Waals surface area (Å²) < 4.78 is 5.43. The largest absolute Gasteiger partial charge is 0.379 e. The number of nitrogens with one attached hydrogen (secondary N) is 1. The van der Waals surface area contributed by atoms with Gasteiger partial charge in [0, 0.05) is 6.61 Å². The number of nitrogens with two attached hydrogens (primary N) is 1. The zero-order chi connectivity index (χ0) is 13.7. The third-order valence-corrected chi connectivity index (χ3v) is 3.50. The molecule has 2 rings (SSSR count). The highest BCUT2D eigenvalue weighted by Gasteiger charge is 2.30. The minimum absolute atomic E-state index is 0.100. The quantitative estimate of drug-likeness (QED) is 0.858. The lowest BCUT2D eigenvalue weighted by Crippen LogP contribution is -2.56. The Morgan fingerprint density at radius 1 is 1.47 bits per heavy atom. The van der Waals surface area contributed by atoms with Gasteiger partial charge in [-0.1, -0.05) is 30.3 Å². The summed E-state index contributed by atoms with van der Waals surface area (Å²) in [5, 5.41) is 3.03. The molecule has 1 aromatic carbocycles. The average molecular weight is 262 g/mol. The third kappa shape index (κ3) is 4.04. The van der Waals surface area contributed by atoms with Crippen molar-refractivity contribution in [2.45, 2.75) is 37.8 Å². The van der Waals surface area contributed by atoms with E-state index in [1.807, 2.05) is 37.3 Å². The predicted octanol–water partition coefficient (Wildman–Crippen LogP) is 1.24. The SMILES string of the molecule is CC1(NC(=O)C(N)Cc2ccccc2)CCCOC1. The van der Waals surface area contributed by atoms with Gasteiger partial charge in [0.05, 0.1) is 18.2 Å². The number of benzene rings is 1. The highest BCUT2D eigenvalue weighted by atomic mass is 16.5. The fourth-order valence-electron chi connectivity index (χ4n) is 2.38. The van der Waals surface area contributed by atoms with E-state index in [1.54, 1.807) is 0 Å². The van der Waals surface area contributed by atoms with Crippen molar-refractivity contribution in [2.24, 2.45) is 5.73 Å². The molecule has 1 amide bonds. The topological polar surface area (TPSA) is 64.4 Å². The molecule has 0 aliphatic carbocycles. The molecule has 0 aromatic heterocycles. The van der Waals surface area contributed by atoms with E-state index in [0.717, 1.165) is 25.0 Å². The molecule has 0 radical (unpaired) electrons. The number of hydrogen-bond acceptors (Lipinski definition) is 3. The van der Waals surface area contributed by atoms with Crippen LogP contribution in [0.25, 0.3) is 0 Å². The first-order chi connectivity index (χ1) is 9.09. The molecule has 1 aliphatic heterocycles.